The molecule has 0 bridgehead atoms. The number of hydrogen-bond acceptors (Lipinski definition) is 10. The Balaban J connectivity index is 1.30. The summed E-state index contributed by atoms with van der Waals surface area (Å²) < 4.78 is 17.0. The number of rotatable bonds is 8. The maximum atomic E-state index is 11.8. The molecule has 1 atom stereocenters. The van der Waals surface area contributed by atoms with Gasteiger partial charge in [0.2, 0.25) is 17.7 Å². The first-order chi connectivity index (χ1) is 17.5. The summed E-state index contributed by atoms with van der Waals surface area (Å²) in [5.74, 6) is 2.11. The minimum atomic E-state index is -0.151. The molecule has 0 spiro atoms. The van der Waals surface area contributed by atoms with Crippen molar-refractivity contribution in [3.8, 4) is 11.6 Å². The van der Waals surface area contributed by atoms with E-state index in [1.165, 1.54) is 12.4 Å². The van der Waals surface area contributed by atoms with E-state index >= 15 is 0 Å². The van der Waals surface area contributed by atoms with Crippen LogP contribution in [0.4, 0.5) is 11.5 Å². The van der Waals surface area contributed by atoms with Crippen LogP contribution in [0.5, 0.6) is 11.6 Å². The van der Waals surface area contributed by atoms with E-state index in [0.717, 1.165) is 0 Å². The fourth-order valence-corrected chi connectivity index (χ4v) is 4.01. The lowest BCUT2D eigenvalue weighted by atomic mass is 10.3. The summed E-state index contributed by atoms with van der Waals surface area (Å²) in [7, 11) is 0. The Bertz CT molecular complexity index is 1430. The predicted octanol–water partition coefficient (Wildman–Crippen LogP) is 3.86. The van der Waals surface area contributed by atoms with Gasteiger partial charge in [-0.25, -0.2) is 15.0 Å². The maximum Gasteiger partial charge on any atom is 0.253 e. The van der Waals surface area contributed by atoms with Crippen LogP contribution in [-0.4, -0.2) is 55.1 Å². The molecular weight excluding hydrogens is 486 g/mol. The van der Waals surface area contributed by atoms with Crippen LogP contribution in [0.15, 0.2) is 53.7 Å². The van der Waals surface area contributed by atoms with E-state index in [1.54, 1.807) is 36.1 Å². The van der Waals surface area contributed by atoms with Crippen LogP contribution in [0, 0.1) is 6.92 Å². The summed E-state index contributed by atoms with van der Waals surface area (Å²) in [4.78, 5) is 26.8. The zero-order valence-electron chi connectivity index (χ0n) is 19.3. The van der Waals surface area contributed by atoms with Gasteiger partial charge in [-0.15, -0.1) is 10.2 Å². The molecule has 1 fully saturated rings. The molecule has 4 heterocycles. The molecule has 1 amide bonds. The molecule has 3 aromatic heterocycles. The van der Waals surface area contributed by atoms with E-state index in [0.29, 0.717) is 70.5 Å². The fourth-order valence-electron chi connectivity index (χ4n) is 3.77. The quantitative estimate of drug-likeness (QED) is 0.351. The van der Waals surface area contributed by atoms with Gasteiger partial charge in [-0.2, -0.15) is 0 Å². The Kier molecular flexibility index (Phi) is 6.63. The van der Waals surface area contributed by atoms with E-state index < -0.39 is 0 Å². The highest BCUT2D eigenvalue weighted by atomic mass is 35.5. The van der Waals surface area contributed by atoms with E-state index in [-0.39, 0.29) is 18.6 Å². The van der Waals surface area contributed by atoms with Gasteiger partial charge in [-0.1, -0.05) is 18.2 Å². The number of aromatic nitrogens is 5. The van der Waals surface area contributed by atoms with Gasteiger partial charge in [0.1, 0.15) is 23.7 Å². The number of fused-ring (bicyclic) bond motifs is 1. The van der Waals surface area contributed by atoms with Crippen LogP contribution < -0.4 is 14.8 Å². The summed E-state index contributed by atoms with van der Waals surface area (Å²) in [5.41, 5.74) is 1.87. The molecular formula is C24H22ClN7O4. The number of amides is 1. The van der Waals surface area contributed by atoms with Crippen molar-refractivity contribution in [2.45, 2.75) is 26.1 Å². The molecule has 0 radical (unpaired) electrons. The molecule has 184 valence electrons. The lowest BCUT2D eigenvalue weighted by molar-refractivity contribution is -0.125. The third kappa shape index (κ3) is 5.20. The fraction of sp³-hybridized carbons (Fsp3) is 0.250. The number of ether oxygens (including phenoxy) is 2. The van der Waals surface area contributed by atoms with E-state index in [9.17, 15) is 4.79 Å². The Morgan fingerprint density at radius 1 is 1.31 bits per heavy atom. The SMILES string of the molecule is C=CC(=O)N1CCC(Oc2ccc3ncnc(Nc4ccc(OCc5nnc(C)o5)c(Cl)c4)c3n2)C1. The average Bonchev–Trinajstić information content (AvgIpc) is 3.52. The molecule has 36 heavy (non-hydrogen) atoms. The number of pyridine rings is 1. The van der Waals surface area contributed by atoms with Gasteiger partial charge in [0.15, 0.2) is 12.4 Å². The number of benzene rings is 1. The molecule has 1 N–H and O–H groups in total. The molecule has 0 aliphatic carbocycles. The summed E-state index contributed by atoms with van der Waals surface area (Å²) in [6.45, 7) is 6.46. The van der Waals surface area contributed by atoms with E-state index in [2.05, 4.69) is 37.0 Å². The first kappa shape index (κ1) is 23.5. The molecule has 1 unspecified atom stereocenters. The first-order valence-corrected chi connectivity index (χ1v) is 11.5. The number of likely N-dealkylation sites (tertiary alicyclic amines) is 1. The zero-order valence-corrected chi connectivity index (χ0v) is 20.1. The highest BCUT2D eigenvalue weighted by molar-refractivity contribution is 6.32. The Labute approximate surface area is 211 Å². The molecule has 11 nitrogen and oxygen atoms in total. The number of carbonyl (C=O) groups is 1. The van der Waals surface area contributed by atoms with Gasteiger partial charge < -0.3 is 24.1 Å². The van der Waals surface area contributed by atoms with Crippen molar-refractivity contribution in [2.75, 3.05) is 18.4 Å². The topological polar surface area (TPSA) is 128 Å². The van der Waals surface area contributed by atoms with Crippen molar-refractivity contribution in [3.63, 3.8) is 0 Å². The van der Waals surface area contributed by atoms with Crippen molar-refractivity contribution in [3.05, 3.63) is 66.1 Å². The second-order valence-corrected chi connectivity index (χ2v) is 8.44. The highest BCUT2D eigenvalue weighted by Gasteiger charge is 2.26. The van der Waals surface area contributed by atoms with E-state index in [1.807, 2.05) is 6.07 Å². The number of anilines is 2. The third-order valence-corrected chi connectivity index (χ3v) is 5.78. The monoisotopic (exact) mass is 507 g/mol. The van der Waals surface area contributed by atoms with Gasteiger partial charge in [-0.05, 0) is 30.3 Å². The minimum absolute atomic E-state index is 0.104. The van der Waals surface area contributed by atoms with Crippen molar-refractivity contribution in [1.82, 2.24) is 30.0 Å². The second kappa shape index (κ2) is 10.2. The van der Waals surface area contributed by atoms with Crippen LogP contribution in [0.2, 0.25) is 5.02 Å². The maximum absolute atomic E-state index is 11.8. The Morgan fingerprint density at radius 2 is 2.19 bits per heavy atom. The number of carbonyl (C=O) groups excluding carboxylic acids is 1. The average molecular weight is 508 g/mol. The van der Waals surface area contributed by atoms with Crippen molar-refractivity contribution in [2.24, 2.45) is 0 Å². The molecule has 1 aromatic carbocycles. The third-order valence-electron chi connectivity index (χ3n) is 5.49. The minimum Gasteiger partial charge on any atom is -0.482 e. The highest BCUT2D eigenvalue weighted by Crippen LogP contribution is 2.31. The zero-order chi connectivity index (χ0) is 25.1. The second-order valence-electron chi connectivity index (χ2n) is 8.03. The van der Waals surface area contributed by atoms with Crippen molar-refractivity contribution >= 4 is 40.0 Å². The summed E-state index contributed by atoms with van der Waals surface area (Å²) in [6, 6.07) is 8.82. The molecule has 1 aliphatic heterocycles. The smallest absolute Gasteiger partial charge is 0.253 e. The lowest BCUT2D eigenvalue weighted by Gasteiger charge is -2.15. The molecule has 1 saturated heterocycles. The van der Waals surface area contributed by atoms with Crippen LogP contribution >= 0.6 is 11.6 Å². The lowest BCUT2D eigenvalue weighted by Crippen LogP contribution is -2.29. The van der Waals surface area contributed by atoms with Gasteiger partial charge in [0.25, 0.3) is 5.89 Å². The van der Waals surface area contributed by atoms with E-state index in [4.69, 9.17) is 25.5 Å². The molecule has 0 saturated carbocycles. The van der Waals surface area contributed by atoms with Crippen molar-refractivity contribution < 1.29 is 18.7 Å². The summed E-state index contributed by atoms with van der Waals surface area (Å²) in [6.07, 6.45) is 3.33. The molecule has 4 aromatic rings. The first-order valence-electron chi connectivity index (χ1n) is 11.2. The number of nitrogens with zero attached hydrogens (tertiary/aromatic N) is 6. The van der Waals surface area contributed by atoms with Crippen LogP contribution in [-0.2, 0) is 11.4 Å². The van der Waals surface area contributed by atoms with Gasteiger partial charge in [0, 0.05) is 31.6 Å². The molecule has 1 aliphatic rings. The van der Waals surface area contributed by atoms with Crippen molar-refractivity contribution in [1.29, 1.82) is 0 Å². The normalized spacial score (nSPS) is 15.2. The largest absolute Gasteiger partial charge is 0.482 e. The molecule has 12 heteroatoms. The van der Waals surface area contributed by atoms with Gasteiger partial charge in [-0.3, -0.25) is 4.79 Å². The number of hydrogen-bond donors (Lipinski definition) is 1. The van der Waals surface area contributed by atoms with Crippen LogP contribution in [0.25, 0.3) is 11.0 Å². The van der Waals surface area contributed by atoms with Gasteiger partial charge in [0.05, 0.1) is 17.1 Å². The molecule has 5 rings (SSSR count). The Morgan fingerprint density at radius 3 is 2.97 bits per heavy atom. The summed E-state index contributed by atoms with van der Waals surface area (Å²) >= 11 is 6.42. The number of nitrogens with one attached hydrogen (secondary N) is 1. The Hall–Kier alpha value is -4.25. The van der Waals surface area contributed by atoms with Gasteiger partial charge >= 0.3 is 0 Å². The number of halogens is 1. The standard InChI is InChI=1S/C24H22ClN7O4/c1-3-22(33)32-9-8-16(11-32)36-20-7-5-18-23(29-20)24(27-13-26-18)28-15-4-6-19(17(25)10-15)34-12-21-31-30-14(2)35-21/h3-7,10,13,16H,1,8-9,11-12H2,2H3,(H,26,27,28). The summed E-state index contributed by atoms with van der Waals surface area (Å²) in [5, 5.41) is 11.3. The number of aryl methyl sites for hydroxylation is 1. The van der Waals surface area contributed by atoms with Crippen LogP contribution in [0.3, 0.4) is 0 Å². The van der Waals surface area contributed by atoms with Crippen LogP contribution in [0.1, 0.15) is 18.2 Å². The predicted molar refractivity (Wildman–Crippen MR) is 131 cm³/mol.